The van der Waals surface area contributed by atoms with Gasteiger partial charge in [0.25, 0.3) is 0 Å². The highest BCUT2D eigenvalue weighted by molar-refractivity contribution is 5.22. The minimum absolute atomic E-state index is 0.729. The highest BCUT2D eigenvalue weighted by atomic mass is 16.5. The summed E-state index contributed by atoms with van der Waals surface area (Å²) in [5, 5.41) is 0. The Morgan fingerprint density at radius 1 is 1.08 bits per heavy atom. The van der Waals surface area contributed by atoms with E-state index in [1.54, 1.807) is 0 Å². The van der Waals surface area contributed by atoms with Gasteiger partial charge >= 0.3 is 0 Å². The molecule has 0 N–H and O–H groups in total. The standard InChI is InChI=1S/C23H34O/c1-3-5-6-18-24-19-23-16-14-22(15-17-23)13-12-21-10-8-20(7-4-2)9-11-21/h3-4,7,14-17,20-21H,1,5-6,8-13,18-19H2,2H3/t20-,21-. The monoisotopic (exact) mass is 326 g/mol. The van der Waals surface area contributed by atoms with E-state index in [0.717, 1.165) is 37.9 Å². The van der Waals surface area contributed by atoms with E-state index in [9.17, 15) is 0 Å². The van der Waals surface area contributed by atoms with Gasteiger partial charge in [-0.3, -0.25) is 0 Å². The molecular formula is C23H34O. The summed E-state index contributed by atoms with van der Waals surface area (Å²) in [5.41, 5.74) is 2.75. The van der Waals surface area contributed by atoms with E-state index in [-0.39, 0.29) is 0 Å². The van der Waals surface area contributed by atoms with Gasteiger partial charge < -0.3 is 4.74 Å². The lowest BCUT2D eigenvalue weighted by molar-refractivity contribution is 0.119. The van der Waals surface area contributed by atoms with Crippen molar-refractivity contribution in [3.63, 3.8) is 0 Å². The molecule has 1 nitrogen and oxygen atoms in total. The van der Waals surface area contributed by atoms with E-state index >= 15 is 0 Å². The molecule has 0 radical (unpaired) electrons. The molecule has 24 heavy (non-hydrogen) atoms. The van der Waals surface area contributed by atoms with Crippen LogP contribution in [0.5, 0.6) is 0 Å². The summed E-state index contributed by atoms with van der Waals surface area (Å²) in [4.78, 5) is 0. The summed E-state index contributed by atoms with van der Waals surface area (Å²) in [5.74, 6) is 1.77. The molecule has 0 atom stereocenters. The summed E-state index contributed by atoms with van der Waals surface area (Å²) in [7, 11) is 0. The van der Waals surface area contributed by atoms with Gasteiger partial charge in [0.2, 0.25) is 0 Å². The molecule has 1 aromatic rings. The zero-order valence-corrected chi connectivity index (χ0v) is 15.4. The van der Waals surface area contributed by atoms with Gasteiger partial charge in [0, 0.05) is 6.61 Å². The number of benzene rings is 1. The highest BCUT2D eigenvalue weighted by Gasteiger charge is 2.18. The van der Waals surface area contributed by atoms with Crippen LogP contribution in [0.25, 0.3) is 0 Å². The molecule has 0 unspecified atom stereocenters. The Bertz CT molecular complexity index is 477. The Labute approximate surface area is 148 Å². The van der Waals surface area contributed by atoms with E-state index in [1.807, 2.05) is 6.08 Å². The first-order chi connectivity index (χ1) is 11.8. The minimum Gasteiger partial charge on any atom is -0.377 e. The number of rotatable bonds is 10. The van der Waals surface area contributed by atoms with Gasteiger partial charge in [-0.05, 0) is 81.3 Å². The van der Waals surface area contributed by atoms with Crippen molar-refractivity contribution in [3.8, 4) is 0 Å². The normalized spacial score (nSPS) is 21.2. The predicted octanol–water partition coefficient (Wildman–Crippen LogP) is 6.48. The van der Waals surface area contributed by atoms with Crippen molar-refractivity contribution in [2.24, 2.45) is 11.8 Å². The number of unbranched alkanes of at least 4 members (excludes halogenated alkanes) is 1. The Morgan fingerprint density at radius 2 is 1.79 bits per heavy atom. The van der Waals surface area contributed by atoms with Gasteiger partial charge in [-0.1, -0.05) is 42.5 Å². The maximum absolute atomic E-state index is 5.69. The third-order valence-electron chi connectivity index (χ3n) is 5.19. The van der Waals surface area contributed by atoms with Crippen LogP contribution in [0.2, 0.25) is 0 Å². The Morgan fingerprint density at radius 3 is 2.46 bits per heavy atom. The van der Waals surface area contributed by atoms with Crippen LogP contribution in [0.1, 0.15) is 63.0 Å². The van der Waals surface area contributed by atoms with Crippen LogP contribution in [0.4, 0.5) is 0 Å². The minimum atomic E-state index is 0.729. The molecule has 0 spiro atoms. The van der Waals surface area contributed by atoms with Crippen LogP contribution in [0.15, 0.2) is 49.1 Å². The Kier molecular flexibility index (Phi) is 8.91. The molecule has 2 rings (SSSR count). The summed E-state index contributed by atoms with van der Waals surface area (Å²) < 4.78 is 5.69. The van der Waals surface area contributed by atoms with E-state index in [2.05, 4.69) is 49.9 Å². The number of hydrogen-bond acceptors (Lipinski definition) is 1. The van der Waals surface area contributed by atoms with E-state index in [1.165, 1.54) is 49.7 Å². The fraction of sp³-hybridized carbons (Fsp3) is 0.565. The fourth-order valence-corrected chi connectivity index (χ4v) is 3.63. The SMILES string of the molecule is C=CCCCOCc1ccc(CC[C@H]2CC[C@H](C=CC)CC2)cc1. The summed E-state index contributed by atoms with van der Waals surface area (Å²) in [6.45, 7) is 7.42. The van der Waals surface area contributed by atoms with E-state index in [0.29, 0.717) is 0 Å². The number of hydrogen-bond donors (Lipinski definition) is 0. The Balaban J connectivity index is 1.64. The third-order valence-corrected chi connectivity index (χ3v) is 5.19. The molecule has 0 heterocycles. The summed E-state index contributed by atoms with van der Waals surface area (Å²) in [6.07, 6.45) is 16.8. The molecule has 1 aliphatic carbocycles. The lowest BCUT2D eigenvalue weighted by Gasteiger charge is -2.26. The molecule has 0 amide bonds. The summed E-state index contributed by atoms with van der Waals surface area (Å²) in [6, 6.07) is 9.03. The van der Waals surface area contributed by atoms with Gasteiger partial charge in [-0.15, -0.1) is 6.58 Å². The van der Waals surface area contributed by atoms with Gasteiger partial charge in [0.15, 0.2) is 0 Å². The van der Waals surface area contributed by atoms with Crippen LogP contribution >= 0.6 is 0 Å². The number of aryl methyl sites for hydroxylation is 1. The maximum atomic E-state index is 5.69. The second-order valence-electron chi connectivity index (χ2n) is 7.15. The van der Waals surface area contributed by atoms with Crippen LogP contribution < -0.4 is 0 Å². The van der Waals surface area contributed by atoms with Gasteiger partial charge in [-0.25, -0.2) is 0 Å². The topological polar surface area (TPSA) is 9.23 Å². The van der Waals surface area contributed by atoms with Gasteiger partial charge in [-0.2, -0.15) is 0 Å². The predicted molar refractivity (Wildman–Crippen MR) is 104 cm³/mol. The molecule has 0 bridgehead atoms. The van der Waals surface area contributed by atoms with Crippen molar-refractivity contribution in [1.82, 2.24) is 0 Å². The first-order valence-corrected chi connectivity index (χ1v) is 9.71. The van der Waals surface area contributed by atoms with Crippen LogP contribution in [0.3, 0.4) is 0 Å². The molecular weight excluding hydrogens is 292 g/mol. The van der Waals surface area contributed by atoms with E-state index < -0.39 is 0 Å². The maximum Gasteiger partial charge on any atom is 0.0716 e. The van der Waals surface area contributed by atoms with Gasteiger partial charge in [0.1, 0.15) is 0 Å². The second kappa shape index (κ2) is 11.3. The molecule has 1 aromatic carbocycles. The smallest absolute Gasteiger partial charge is 0.0716 e. The lowest BCUT2D eigenvalue weighted by Crippen LogP contribution is -2.13. The first-order valence-electron chi connectivity index (χ1n) is 9.71. The zero-order chi connectivity index (χ0) is 17.0. The van der Waals surface area contributed by atoms with Crippen molar-refractivity contribution in [2.75, 3.05) is 6.61 Å². The largest absolute Gasteiger partial charge is 0.377 e. The average molecular weight is 327 g/mol. The van der Waals surface area contributed by atoms with Crippen molar-refractivity contribution in [3.05, 3.63) is 60.2 Å². The summed E-state index contributed by atoms with van der Waals surface area (Å²) >= 11 is 0. The molecule has 1 heteroatoms. The highest BCUT2D eigenvalue weighted by Crippen LogP contribution is 2.32. The van der Waals surface area contributed by atoms with Crippen molar-refractivity contribution in [2.45, 2.75) is 64.9 Å². The van der Waals surface area contributed by atoms with E-state index in [4.69, 9.17) is 4.74 Å². The molecule has 132 valence electrons. The van der Waals surface area contributed by atoms with Crippen molar-refractivity contribution >= 4 is 0 Å². The van der Waals surface area contributed by atoms with Crippen LogP contribution in [-0.2, 0) is 17.8 Å². The van der Waals surface area contributed by atoms with Crippen LogP contribution in [0, 0.1) is 11.8 Å². The molecule has 0 saturated heterocycles. The average Bonchev–Trinajstić information content (AvgIpc) is 2.62. The molecule has 1 aliphatic rings. The third kappa shape index (κ3) is 7.05. The molecule has 0 aromatic heterocycles. The first kappa shape index (κ1) is 19.0. The number of allylic oxidation sites excluding steroid dienone is 3. The lowest BCUT2D eigenvalue weighted by atomic mass is 9.79. The van der Waals surface area contributed by atoms with Crippen LogP contribution in [-0.4, -0.2) is 6.61 Å². The quantitative estimate of drug-likeness (QED) is 0.353. The molecule has 1 saturated carbocycles. The second-order valence-corrected chi connectivity index (χ2v) is 7.15. The zero-order valence-electron chi connectivity index (χ0n) is 15.4. The van der Waals surface area contributed by atoms with Crippen molar-refractivity contribution in [1.29, 1.82) is 0 Å². The van der Waals surface area contributed by atoms with Gasteiger partial charge in [0.05, 0.1) is 6.61 Å². The fourth-order valence-electron chi connectivity index (χ4n) is 3.63. The number of ether oxygens (including phenoxy) is 1. The Hall–Kier alpha value is -1.34. The molecule has 0 aliphatic heterocycles. The van der Waals surface area contributed by atoms with Crippen molar-refractivity contribution < 1.29 is 4.74 Å². The molecule has 1 fully saturated rings.